The summed E-state index contributed by atoms with van der Waals surface area (Å²) in [5, 5.41) is 0. The van der Waals surface area contributed by atoms with Gasteiger partial charge >= 0.3 is 0 Å². The number of hydrogen-bond acceptors (Lipinski definition) is 3. The van der Waals surface area contributed by atoms with Gasteiger partial charge in [0.15, 0.2) is 11.6 Å². The highest BCUT2D eigenvalue weighted by atomic mass is 32.2. The van der Waals surface area contributed by atoms with Gasteiger partial charge in [-0.1, -0.05) is 12.2 Å². The minimum absolute atomic E-state index is 0.162. The summed E-state index contributed by atoms with van der Waals surface area (Å²) < 4.78 is 51.5. The molecule has 0 aromatic heterocycles. The van der Waals surface area contributed by atoms with Crippen molar-refractivity contribution in [1.82, 2.24) is 4.72 Å². The van der Waals surface area contributed by atoms with Crippen LogP contribution >= 0.6 is 12.2 Å². The number of benzene rings is 1. The van der Waals surface area contributed by atoms with Crippen LogP contribution in [0.1, 0.15) is 13.3 Å². The van der Waals surface area contributed by atoms with Crippen molar-refractivity contribution in [2.75, 3.05) is 0 Å². The third-order valence-electron chi connectivity index (χ3n) is 2.07. The molecule has 1 atom stereocenters. The van der Waals surface area contributed by atoms with E-state index in [0.717, 1.165) is 12.1 Å². The van der Waals surface area contributed by atoms with Crippen LogP contribution in [0.15, 0.2) is 23.1 Å². The van der Waals surface area contributed by atoms with E-state index in [2.05, 4.69) is 16.9 Å². The molecular formula is C10H12F2N2O2S2. The van der Waals surface area contributed by atoms with Gasteiger partial charge in [0.2, 0.25) is 10.0 Å². The molecule has 3 N–H and O–H groups in total. The molecule has 100 valence electrons. The fourth-order valence-corrected chi connectivity index (χ4v) is 2.83. The summed E-state index contributed by atoms with van der Waals surface area (Å²) in [4.78, 5) is -0.188. The number of sulfonamides is 1. The zero-order valence-corrected chi connectivity index (χ0v) is 11.1. The van der Waals surface area contributed by atoms with Crippen LogP contribution in [-0.4, -0.2) is 19.4 Å². The first-order valence-corrected chi connectivity index (χ1v) is 6.87. The van der Waals surface area contributed by atoms with Crippen molar-refractivity contribution < 1.29 is 17.2 Å². The van der Waals surface area contributed by atoms with Crippen LogP contribution in [-0.2, 0) is 10.0 Å². The van der Waals surface area contributed by atoms with E-state index in [4.69, 9.17) is 5.73 Å². The Hall–Kier alpha value is -1.12. The van der Waals surface area contributed by atoms with Crippen molar-refractivity contribution in [3.8, 4) is 0 Å². The van der Waals surface area contributed by atoms with Gasteiger partial charge in [-0.05, 0) is 25.1 Å². The van der Waals surface area contributed by atoms with Crippen LogP contribution in [0, 0.1) is 11.6 Å². The van der Waals surface area contributed by atoms with E-state index in [1.54, 1.807) is 6.92 Å². The Kier molecular flexibility index (Phi) is 4.71. The Morgan fingerprint density at radius 1 is 1.44 bits per heavy atom. The molecule has 0 radical (unpaired) electrons. The molecule has 1 aromatic carbocycles. The highest BCUT2D eigenvalue weighted by Gasteiger charge is 2.19. The molecule has 0 bridgehead atoms. The topological polar surface area (TPSA) is 72.2 Å². The third-order valence-corrected chi connectivity index (χ3v) is 3.82. The summed E-state index contributed by atoms with van der Waals surface area (Å²) in [7, 11) is -3.92. The maximum Gasteiger partial charge on any atom is 0.240 e. The number of nitrogens with two attached hydrogens (primary N) is 1. The van der Waals surface area contributed by atoms with E-state index in [1.165, 1.54) is 0 Å². The molecule has 18 heavy (non-hydrogen) atoms. The van der Waals surface area contributed by atoms with Crippen molar-refractivity contribution in [1.29, 1.82) is 0 Å². The second-order valence-corrected chi connectivity index (χ2v) is 6.01. The van der Waals surface area contributed by atoms with E-state index >= 15 is 0 Å². The molecule has 8 heteroatoms. The lowest BCUT2D eigenvalue weighted by Crippen LogP contribution is -2.35. The van der Waals surface area contributed by atoms with Crippen LogP contribution in [0.4, 0.5) is 8.78 Å². The standard InChI is InChI=1S/C10H12F2N2O2S2/c1-6(4-10(13)17)14-18(15,16)7-2-3-8(11)9(12)5-7/h2-3,5-6,14H,4H2,1H3,(H2,13,17). The zero-order chi connectivity index (χ0) is 13.9. The van der Waals surface area contributed by atoms with Crippen LogP contribution in [0.5, 0.6) is 0 Å². The van der Waals surface area contributed by atoms with Crippen molar-refractivity contribution in [2.24, 2.45) is 5.73 Å². The molecule has 4 nitrogen and oxygen atoms in total. The van der Waals surface area contributed by atoms with Crippen molar-refractivity contribution in [2.45, 2.75) is 24.3 Å². The van der Waals surface area contributed by atoms with E-state index in [1.807, 2.05) is 0 Å². The third kappa shape index (κ3) is 3.97. The average molecular weight is 294 g/mol. The van der Waals surface area contributed by atoms with Crippen molar-refractivity contribution in [3.05, 3.63) is 29.8 Å². The van der Waals surface area contributed by atoms with E-state index in [9.17, 15) is 17.2 Å². The molecule has 0 saturated carbocycles. The predicted molar refractivity (Wildman–Crippen MR) is 67.5 cm³/mol. The molecule has 1 aromatic rings. The largest absolute Gasteiger partial charge is 0.393 e. The molecule has 1 unspecified atom stereocenters. The number of nitrogens with one attached hydrogen (secondary N) is 1. The first-order chi connectivity index (χ1) is 8.22. The second kappa shape index (κ2) is 5.68. The van der Waals surface area contributed by atoms with Crippen molar-refractivity contribution in [3.63, 3.8) is 0 Å². The molecule has 0 amide bonds. The number of halogens is 2. The lowest BCUT2D eigenvalue weighted by atomic mass is 10.3. The molecule has 0 heterocycles. The normalized spacial score (nSPS) is 13.3. The Morgan fingerprint density at radius 2 is 2.06 bits per heavy atom. The molecule has 0 aliphatic carbocycles. The Labute approximate surface area is 109 Å². The monoisotopic (exact) mass is 294 g/mol. The quantitative estimate of drug-likeness (QED) is 0.803. The van der Waals surface area contributed by atoms with Gasteiger partial charge in [-0.25, -0.2) is 21.9 Å². The number of rotatable bonds is 5. The fourth-order valence-electron chi connectivity index (χ4n) is 1.32. The highest BCUT2D eigenvalue weighted by Crippen LogP contribution is 2.14. The van der Waals surface area contributed by atoms with Crippen LogP contribution in [0.3, 0.4) is 0 Å². The zero-order valence-electron chi connectivity index (χ0n) is 9.48. The average Bonchev–Trinajstić information content (AvgIpc) is 2.19. The summed E-state index contributed by atoms with van der Waals surface area (Å²) in [5.74, 6) is -2.33. The van der Waals surface area contributed by atoms with Crippen LogP contribution in [0.2, 0.25) is 0 Å². The lowest BCUT2D eigenvalue weighted by molar-refractivity contribution is 0.503. The molecular weight excluding hydrogens is 282 g/mol. The molecule has 1 rings (SSSR count). The van der Waals surface area contributed by atoms with Gasteiger partial charge in [0, 0.05) is 12.5 Å². The Balaban J connectivity index is 2.92. The highest BCUT2D eigenvalue weighted by molar-refractivity contribution is 7.89. The van der Waals surface area contributed by atoms with Gasteiger partial charge in [-0.2, -0.15) is 0 Å². The molecule has 0 saturated heterocycles. The molecule has 0 aliphatic heterocycles. The first kappa shape index (κ1) is 14.9. The van der Waals surface area contributed by atoms with E-state index in [-0.39, 0.29) is 16.3 Å². The smallest absolute Gasteiger partial charge is 0.240 e. The van der Waals surface area contributed by atoms with Gasteiger partial charge < -0.3 is 5.73 Å². The van der Waals surface area contributed by atoms with Gasteiger partial charge in [-0.3, -0.25) is 0 Å². The summed E-state index contributed by atoms with van der Waals surface area (Å²) in [6.45, 7) is 1.57. The van der Waals surface area contributed by atoms with Gasteiger partial charge in [-0.15, -0.1) is 0 Å². The number of thiocarbonyl (C=S) groups is 1. The summed E-state index contributed by atoms with van der Waals surface area (Å²) in [5.41, 5.74) is 5.28. The fraction of sp³-hybridized carbons (Fsp3) is 0.300. The van der Waals surface area contributed by atoms with E-state index in [0.29, 0.717) is 6.07 Å². The van der Waals surface area contributed by atoms with Crippen LogP contribution in [0.25, 0.3) is 0 Å². The van der Waals surface area contributed by atoms with Crippen LogP contribution < -0.4 is 10.5 Å². The van der Waals surface area contributed by atoms with Gasteiger partial charge in [0.25, 0.3) is 0 Å². The Morgan fingerprint density at radius 3 is 2.56 bits per heavy atom. The molecule has 0 spiro atoms. The molecule has 0 aliphatic rings. The van der Waals surface area contributed by atoms with Gasteiger partial charge in [0.1, 0.15) is 0 Å². The van der Waals surface area contributed by atoms with E-state index < -0.39 is 27.7 Å². The van der Waals surface area contributed by atoms with Gasteiger partial charge in [0.05, 0.1) is 9.88 Å². The SMILES string of the molecule is CC(CC(N)=S)NS(=O)(=O)c1ccc(F)c(F)c1. The lowest BCUT2D eigenvalue weighted by Gasteiger charge is -2.13. The minimum Gasteiger partial charge on any atom is -0.393 e. The maximum absolute atomic E-state index is 12.9. The predicted octanol–water partition coefficient (Wildman–Crippen LogP) is 1.31. The Bertz CT molecular complexity index is 561. The maximum atomic E-state index is 12.9. The molecule has 0 fully saturated rings. The summed E-state index contributed by atoms with van der Waals surface area (Å²) >= 11 is 4.65. The number of hydrogen-bond donors (Lipinski definition) is 2. The summed E-state index contributed by atoms with van der Waals surface area (Å²) in [6.07, 6.45) is 0.179. The second-order valence-electron chi connectivity index (χ2n) is 3.77. The minimum atomic E-state index is -3.92. The summed E-state index contributed by atoms with van der Waals surface area (Å²) in [6, 6.07) is 1.82. The first-order valence-electron chi connectivity index (χ1n) is 4.98. The van der Waals surface area contributed by atoms with Crippen molar-refractivity contribution >= 4 is 27.2 Å².